The highest BCUT2D eigenvalue weighted by Crippen LogP contribution is 2.19. The van der Waals surface area contributed by atoms with Gasteiger partial charge in [-0.1, -0.05) is 6.07 Å². The van der Waals surface area contributed by atoms with E-state index >= 15 is 0 Å². The van der Waals surface area contributed by atoms with E-state index in [4.69, 9.17) is 4.74 Å². The van der Waals surface area contributed by atoms with Crippen LogP contribution < -0.4 is 10.1 Å². The number of ether oxygens (including phenoxy) is 1. The fraction of sp³-hybridized carbons (Fsp3) is 0.312. The molecule has 0 unspecified atom stereocenters. The summed E-state index contributed by atoms with van der Waals surface area (Å²) >= 11 is 1.64. The summed E-state index contributed by atoms with van der Waals surface area (Å²) < 4.78 is 28.4. The largest absolute Gasteiger partial charge is 0.488 e. The van der Waals surface area contributed by atoms with Gasteiger partial charge in [0.2, 0.25) is 0 Å². The van der Waals surface area contributed by atoms with Crippen LogP contribution in [-0.2, 0) is 16.4 Å². The molecular weight excluding hydrogens is 348 g/mol. The van der Waals surface area contributed by atoms with Gasteiger partial charge in [0.25, 0.3) is 0 Å². The maximum Gasteiger partial charge on any atom is 0.321 e. The Morgan fingerprint density at radius 1 is 1.17 bits per heavy atom. The molecule has 3 rings (SSSR count). The van der Waals surface area contributed by atoms with Crippen molar-refractivity contribution in [1.82, 2.24) is 4.90 Å². The Kier molecular flexibility index (Phi) is 5.06. The maximum atomic E-state index is 12.1. The van der Waals surface area contributed by atoms with E-state index < -0.39 is 9.84 Å². The molecule has 1 fully saturated rings. The Morgan fingerprint density at radius 2 is 1.88 bits per heavy atom. The molecule has 6 nitrogen and oxygen atoms in total. The van der Waals surface area contributed by atoms with E-state index in [1.165, 1.54) is 4.90 Å². The van der Waals surface area contributed by atoms with E-state index in [-0.39, 0.29) is 30.6 Å². The number of rotatable bonds is 4. The number of hydrogen-bond acceptors (Lipinski definition) is 5. The van der Waals surface area contributed by atoms with Crippen LogP contribution >= 0.6 is 11.3 Å². The second-order valence-electron chi connectivity index (χ2n) is 5.46. The monoisotopic (exact) mass is 366 g/mol. The number of nitrogens with one attached hydrogen (secondary N) is 1. The van der Waals surface area contributed by atoms with Crippen molar-refractivity contribution in [3.63, 3.8) is 0 Å². The number of carbonyl (C=O) groups excluding carboxylic acids is 1. The van der Waals surface area contributed by atoms with Crippen molar-refractivity contribution in [2.75, 3.05) is 29.9 Å². The molecule has 0 saturated carbocycles. The van der Waals surface area contributed by atoms with E-state index in [1.54, 1.807) is 35.6 Å². The topological polar surface area (TPSA) is 75.7 Å². The number of sulfone groups is 1. The van der Waals surface area contributed by atoms with Gasteiger partial charge in [-0.25, -0.2) is 13.2 Å². The molecule has 0 bridgehead atoms. The summed E-state index contributed by atoms with van der Waals surface area (Å²) in [5.74, 6) is 0.775. The molecule has 1 aromatic carbocycles. The first-order valence-electron chi connectivity index (χ1n) is 7.53. The van der Waals surface area contributed by atoms with Crippen LogP contribution in [0.4, 0.5) is 10.5 Å². The minimum absolute atomic E-state index is 0.0237. The number of amides is 2. The van der Waals surface area contributed by atoms with Gasteiger partial charge >= 0.3 is 6.03 Å². The van der Waals surface area contributed by atoms with Crippen molar-refractivity contribution in [2.24, 2.45) is 0 Å². The smallest absolute Gasteiger partial charge is 0.321 e. The molecule has 1 N–H and O–H groups in total. The van der Waals surface area contributed by atoms with Crippen LogP contribution in [0.1, 0.15) is 4.88 Å². The Bertz CT molecular complexity index is 772. The van der Waals surface area contributed by atoms with E-state index in [0.29, 0.717) is 12.3 Å². The highest BCUT2D eigenvalue weighted by Gasteiger charge is 2.24. The van der Waals surface area contributed by atoms with E-state index in [9.17, 15) is 13.2 Å². The average Bonchev–Trinajstić information content (AvgIpc) is 3.07. The number of urea groups is 1. The van der Waals surface area contributed by atoms with Gasteiger partial charge in [0.05, 0.1) is 11.5 Å². The number of benzene rings is 1. The molecule has 1 aromatic heterocycles. The van der Waals surface area contributed by atoms with Gasteiger partial charge in [0, 0.05) is 23.7 Å². The van der Waals surface area contributed by atoms with Crippen LogP contribution in [0, 0.1) is 0 Å². The Labute approximate surface area is 145 Å². The SMILES string of the molecule is O=C(Nc1ccc(OCc2cccs2)cc1)N1CCS(=O)(=O)CC1. The number of hydrogen-bond donors (Lipinski definition) is 1. The summed E-state index contributed by atoms with van der Waals surface area (Å²) in [6, 6.07) is 10.8. The number of nitrogens with zero attached hydrogens (tertiary/aromatic N) is 1. The van der Waals surface area contributed by atoms with Crippen LogP contribution in [0.15, 0.2) is 41.8 Å². The Balaban J connectivity index is 1.51. The summed E-state index contributed by atoms with van der Waals surface area (Å²) in [6.45, 7) is 0.984. The third kappa shape index (κ3) is 4.48. The summed E-state index contributed by atoms with van der Waals surface area (Å²) in [4.78, 5) is 14.8. The molecule has 1 aliphatic rings. The van der Waals surface area contributed by atoms with Gasteiger partial charge in [-0.15, -0.1) is 11.3 Å². The minimum atomic E-state index is -2.99. The average molecular weight is 366 g/mol. The van der Waals surface area contributed by atoms with Gasteiger partial charge in [-0.2, -0.15) is 0 Å². The van der Waals surface area contributed by atoms with Crippen molar-refractivity contribution in [2.45, 2.75) is 6.61 Å². The van der Waals surface area contributed by atoms with Crippen LogP contribution in [0.2, 0.25) is 0 Å². The van der Waals surface area contributed by atoms with E-state index in [2.05, 4.69) is 5.32 Å². The molecule has 128 valence electrons. The van der Waals surface area contributed by atoms with Gasteiger partial charge in [0.1, 0.15) is 12.4 Å². The lowest BCUT2D eigenvalue weighted by Crippen LogP contribution is -2.45. The molecule has 0 atom stereocenters. The molecule has 2 aromatic rings. The highest BCUT2D eigenvalue weighted by molar-refractivity contribution is 7.91. The zero-order valence-corrected chi connectivity index (χ0v) is 14.6. The lowest BCUT2D eigenvalue weighted by Gasteiger charge is -2.26. The standard InChI is InChI=1S/C16H18N2O4S2/c19-16(18-7-10-24(20,21)11-8-18)17-13-3-5-14(6-4-13)22-12-15-2-1-9-23-15/h1-6,9H,7-8,10-12H2,(H,17,19). The van der Waals surface area contributed by atoms with Gasteiger partial charge < -0.3 is 15.0 Å². The molecular formula is C16H18N2O4S2. The van der Waals surface area contributed by atoms with Crippen molar-refractivity contribution in [3.05, 3.63) is 46.7 Å². The van der Waals surface area contributed by atoms with Crippen LogP contribution in [0.25, 0.3) is 0 Å². The first-order valence-corrected chi connectivity index (χ1v) is 10.2. The van der Waals surface area contributed by atoms with Crippen molar-refractivity contribution < 1.29 is 17.9 Å². The van der Waals surface area contributed by atoms with Gasteiger partial charge in [-0.3, -0.25) is 0 Å². The zero-order chi connectivity index (χ0) is 17.0. The molecule has 2 heterocycles. The molecule has 1 saturated heterocycles. The normalized spacial score (nSPS) is 16.6. The third-order valence-corrected chi connectivity index (χ3v) is 6.16. The highest BCUT2D eigenvalue weighted by atomic mass is 32.2. The first kappa shape index (κ1) is 16.8. The van der Waals surface area contributed by atoms with Gasteiger partial charge in [0.15, 0.2) is 9.84 Å². The zero-order valence-electron chi connectivity index (χ0n) is 13.0. The fourth-order valence-corrected chi connectivity index (χ4v) is 4.12. The molecule has 1 aliphatic heterocycles. The number of carbonyl (C=O) groups is 1. The third-order valence-electron chi connectivity index (χ3n) is 3.70. The number of thiophene rings is 1. The van der Waals surface area contributed by atoms with Crippen molar-refractivity contribution in [3.8, 4) is 5.75 Å². The molecule has 8 heteroatoms. The van der Waals surface area contributed by atoms with E-state index in [0.717, 1.165) is 10.6 Å². The van der Waals surface area contributed by atoms with Crippen LogP contribution in [-0.4, -0.2) is 43.9 Å². The second-order valence-corrected chi connectivity index (χ2v) is 8.80. The predicted molar refractivity (Wildman–Crippen MR) is 94.3 cm³/mol. The Hall–Kier alpha value is -2.06. The molecule has 0 spiro atoms. The minimum Gasteiger partial charge on any atom is -0.488 e. The quantitative estimate of drug-likeness (QED) is 0.902. The maximum absolute atomic E-state index is 12.1. The van der Waals surface area contributed by atoms with E-state index in [1.807, 2.05) is 17.5 Å². The Morgan fingerprint density at radius 3 is 2.50 bits per heavy atom. The molecule has 0 radical (unpaired) electrons. The summed E-state index contributed by atoms with van der Waals surface area (Å²) in [5, 5.41) is 4.78. The fourth-order valence-electron chi connectivity index (χ4n) is 2.30. The lowest BCUT2D eigenvalue weighted by atomic mass is 10.3. The van der Waals surface area contributed by atoms with Crippen LogP contribution in [0.3, 0.4) is 0 Å². The van der Waals surface area contributed by atoms with Crippen molar-refractivity contribution in [1.29, 1.82) is 0 Å². The second kappa shape index (κ2) is 7.23. The predicted octanol–water partition coefficient (Wildman–Crippen LogP) is 2.59. The van der Waals surface area contributed by atoms with Crippen LogP contribution in [0.5, 0.6) is 5.75 Å². The molecule has 0 aliphatic carbocycles. The molecule has 24 heavy (non-hydrogen) atoms. The van der Waals surface area contributed by atoms with Crippen molar-refractivity contribution >= 4 is 32.9 Å². The lowest BCUT2D eigenvalue weighted by molar-refractivity contribution is 0.216. The molecule has 2 amide bonds. The van der Waals surface area contributed by atoms with Gasteiger partial charge in [-0.05, 0) is 35.7 Å². The summed E-state index contributed by atoms with van der Waals surface area (Å²) in [7, 11) is -2.99. The number of anilines is 1. The summed E-state index contributed by atoms with van der Waals surface area (Å²) in [6.07, 6.45) is 0. The summed E-state index contributed by atoms with van der Waals surface area (Å²) in [5.41, 5.74) is 0.650. The first-order chi connectivity index (χ1) is 11.5.